The highest BCUT2D eigenvalue weighted by molar-refractivity contribution is 5.40. The number of hydrogen-bond acceptors (Lipinski definition) is 4. The molecule has 1 aromatic carbocycles. The Morgan fingerprint density at radius 3 is 2.63 bits per heavy atom. The van der Waals surface area contributed by atoms with Crippen molar-refractivity contribution in [1.82, 2.24) is 9.78 Å². The quantitative estimate of drug-likeness (QED) is 0.673. The van der Waals surface area contributed by atoms with Crippen molar-refractivity contribution in [1.29, 1.82) is 0 Å². The number of aliphatic hydroxyl groups is 1. The van der Waals surface area contributed by atoms with Gasteiger partial charge in [-0.05, 0) is 13.8 Å². The summed E-state index contributed by atoms with van der Waals surface area (Å²) in [7, 11) is 0. The zero-order valence-electron chi connectivity index (χ0n) is 10.8. The Labute approximate surface area is 110 Å². The standard InChI is InChI=1S/C13H15N3O3/c1-9-12(8-17)10(2)15(14-9)7-11-5-3-4-6-13(11)16(18)19/h3-6,17H,7-8H2,1-2H3. The summed E-state index contributed by atoms with van der Waals surface area (Å²) in [5.41, 5.74) is 3.04. The topological polar surface area (TPSA) is 81.2 Å². The van der Waals surface area contributed by atoms with Gasteiger partial charge in [0.05, 0.1) is 29.3 Å². The maximum Gasteiger partial charge on any atom is 0.274 e. The van der Waals surface area contributed by atoms with Gasteiger partial charge in [0.15, 0.2) is 0 Å². The van der Waals surface area contributed by atoms with E-state index in [9.17, 15) is 15.2 Å². The van der Waals surface area contributed by atoms with Gasteiger partial charge in [0.2, 0.25) is 0 Å². The molecule has 0 bridgehead atoms. The molecule has 2 rings (SSSR count). The molecule has 0 amide bonds. The van der Waals surface area contributed by atoms with Gasteiger partial charge in [-0.15, -0.1) is 0 Å². The fourth-order valence-electron chi connectivity index (χ4n) is 2.10. The minimum atomic E-state index is -0.395. The van der Waals surface area contributed by atoms with E-state index in [-0.39, 0.29) is 12.3 Å². The third-order valence-corrected chi connectivity index (χ3v) is 3.20. The molecule has 0 radical (unpaired) electrons. The molecule has 100 valence electrons. The SMILES string of the molecule is Cc1nn(Cc2ccccc2[N+](=O)[O-])c(C)c1CO. The second-order valence-corrected chi connectivity index (χ2v) is 4.35. The first-order valence-corrected chi connectivity index (χ1v) is 5.90. The molecular weight excluding hydrogens is 246 g/mol. The minimum absolute atomic E-state index is 0.0749. The highest BCUT2D eigenvalue weighted by Crippen LogP contribution is 2.21. The zero-order chi connectivity index (χ0) is 14.0. The van der Waals surface area contributed by atoms with Crippen LogP contribution in [0.5, 0.6) is 0 Å². The molecule has 0 atom stereocenters. The molecule has 6 nitrogen and oxygen atoms in total. The van der Waals surface area contributed by atoms with Gasteiger partial charge >= 0.3 is 0 Å². The van der Waals surface area contributed by atoms with E-state index in [0.29, 0.717) is 12.1 Å². The number of nitrogens with zero attached hydrogens (tertiary/aromatic N) is 3. The molecule has 0 spiro atoms. The largest absolute Gasteiger partial charge is 0.392 e. The number of hydrogen-bond donors (Lipinski definition) is 1. The van der Waals surface area contributed by atoms with Crippen LogP contribution in [0, 0.1) is 24.0 Å². The predicted octanol–water partition coefficient (Wildman–Crippen LogP) is 1.95. The molecule has 2 aromatic rings. The van der Waals surface area contributed by atoms with Crippen LogP contribution >= 0.6 is 0 Å². The van der Waals surface area contributed by atoms with E-state index in [1.165, 1.54) is 6.07 Å². The van der Waals surface area contributed by atoms with Crippen molar-refractivity contribution in [2.45, 2.75) is 27.0 Å². The van der Waals surface area contributed by atoms with Crippen LogP contribution in [0.25, 0.3) is 0 Å². The Kier molecular flexibility index (Phi) is 3.62. The first-order valence-electron chi connectivity index (χ1n) is 5.90. The predicted molar refractivity (Wildman–Crippen MR) is 69.8 cm³/mol. The summed E-state index contributed by atoms with van der Waals surface area (Å²) in [5, 5.41) is 24.5. The average molecular weight is 261 g/mol. The van der Waals surface area contributed by atoms with Crippen molar-refractivity contribution >= 4 is 5.69 Å². The van der Waals surface area contributed by atoms with Crippen LogP contribution < -0.4 is 0 Å². The van der Waals surface area contributed by atoms with Gasteiger partial charge < -0.3 is 5.11 Å². The summed E-state index contributed by atoms with van der Waals surface area (Å²) in [6, 6.07) is 6.60. The molecule has 0 unspecified atom stereocenters. The van der Waals surface area contributed by atoms with E-state index in [1.807, 2.05) is 13.8 Å². The van der Waals surface area contributed by atoms with Gasteiger partial charge in [0, 0.05) is 17.3 Å². The molecule has 0 fully saturated rings. The Hall–Kier alpha value is -2.21. The lowest BCUT2D eigenvalue weighted by molar-refractivity contribution is -0.385. The molecule has 19 heavy (non-hydrogen) atoms. The van der Waals surface area contributed by atoms with E-state index in [0.717, 1.165) is 17.0 Å². The number of aliphatic hydroxyl groups excluding tert-OH is 1. The van der Waals surface area contributed by atoms with Gasteiger partial charge in [-0.25, -0.2) is 0 Å². The van der Waals surface area contributed by atoms with Crippen molar-refractivity contribution in [2.75, 3.05) is 0 Å². The van der Waals surface area contributed by atoms with E-state index in [1.54, 1.807) is 22.9 Å². The summed E-state index contributed by atoms with van der Waals surface area (Å²) in [6.45, 7) is 3.91. The molecule has 0 aliphatic heterocycles. The Morgan fingerprint density at radius 1 is 1.37 bits per heavy atom. The summed E-state index contributed by atoms with van der Waals surface area (Å²) in [4.78, 5) is 10.6. The molecule has 0 aliphatic carbocycles. The molecular formula is C13H15N3O3. The number of benzene rings is 1. The molecule has 0 aliphatic rings. The first kappa shape index (κ1) is 13.2. The molecule has 1 heterocycles. The van der Waals surface area contributed by atoms with E-state index >= 15 is 0 Å². The lowest BCUT2D eigenvalue weighted by Gasteiger charge is -2.06. The van der Waals surface area contributed by atoms with Crippen molar-refractivity contribution in [3.63, 3.8) is 0 Å². The summed E-state index contributed by atoms with van der Waals surface area (Å²) in [5.74, 6) is 0. The van der Waals surface area contributed by atoms with Crippen molar-refractivity contribution < 1.29 is 10.0 Å². The molecule has 0 saturated heterocycles. The second kappa shape index (κ2) is 5.19. The van der Waals surface area contributed by atoms with Crippen LogP contribution in [0.1, 0.15) is 22.5 Å². The van der Waals surface area contributed by atoms with Gasteiger partial charge in [0.25, 0.3) is 5.69 Å². The summed E-state index contributed by atoms with van der Waals surface area (Å²) >= 11 is 0. The Bertz CT molecular complexity index is 620. The van der Waals surface area contributed by atoms with Gasteiger partial charge in [-0.1, -0.05) is 18.2 Å². The number of aryl methyl sites for hydroxylation is 1. The van der Waals surface area contributed by atoms with Gasteiger partial charge in [-0.3, -0.25) is 14.8 Å². The Balaban J connectivity index is 2.39. The fraction of sp³-hybridized carbons (Fsp3) is 0.308. The molecule has 1 aromatic heterocycles. The maximum absolute atomic E-state index is 11.0. The number of para-hydroxylation sites is 1. The summed E-state index contributed by atoms with van der Waals surface area (Å²) < 4.78 is 1.68. The first-order chi connectivity index (χ1) is 9.04. The highest BCUT2D eigenvalue weighted by atomic mass is 16.6. The second-order valence-electron chi connectivity index (χ2n) is 4.35. The average Bonchev–Trinajstić information content (AvgIpc) is 2.64. The van der Waals surface area contributed by atoms with Crippen LogP contribution in [-0.4, -0.2) is 19.8 Å². The van der Waals surface area contributed by atoms with Crippen molar-refractivity contribution in [3.8, 4) is 0 Å². The molecule has 1 N–H and O–H groups in total. The van der Waals surface area contributed by atoms with Crippen molar-refractivity contribution in [3.05, 3.63) is 56.9 Å². The highest BCUT2D eigenvalue weighted by Gasteiger charge is 2.16. The number of nitro benzene ring substituents is 1. The maximum atomic E-state index is 11.0. The van der Waals surface area contributed by atoms with E-state index < -0.39 is 4.92 Å². The molecule has 6 heteroatoms. The summed E-state index contributed by atoms with van der Waals surface area (Å²) in [6.07, 6.45) is 0. The van der Waals surface area contributed by atoms with E-state index in [4.69, 9.17) is 0 Å². The Morgan fingerprint density at radius 2 is 2.05 bits per heavy atom. The fourth-order valence-corrected chi connectivity index (χ4v) is 2.10. The third kappa shape index (κ3) is 2.48. The van der Waals surface area contributed by atoms with Crippen LogP contribution in [0.4, 0.5) is 5.69 Å². The van der Waals surface area contributed by atoms with Gasteiger partial charge in [-0.2, -0.15) is 5.10 Å². The number of rotatable bonds is 4. The van der Waals surface area contributed by atoms with Crippen LogP contribution in [0.2, 0.25) is 0 Å². The van der Waals surface area contributed by atoms with Crippen LogP contribution in [0.3, 0.4) is 0 Å². The van der Waals surface area contributed by atoms with Crippen molar-refractivity contribution in [2.24, 2.45) is 0 Å². The zero-order valence-corrected chi connectivity index (χ0v) is 10.8. The van der Waals surface area contributed by atoms with Gasteiger partial charge in [0.1, 0.15) is 0 Å². The normalized spacial score (nSPS) is 10.7. The third-order valence-electron chi connectivity index (χ3n) is 3.20. The lowest BCUT2D eigenvalue weighted by atomic mass is 10.1. The number of aromatic nitrogens is 2. The van der Waals surface area contributed by atoms with Crippen LogP contribution in [-0.2, 0) is 13.2 Å². The van der Waals surface area contributed by atoms with E-state index in [2.05, 4.69) is 5.10 Å². The smallest absolute Gasteiger partial charge is 0.274 e. The van der Waals surface area contributed by atoms with Crippen LogP contribution in [0.15, 0.2) is 24.3 Å². The number of nitro groups is 1. The molecule has 0 saturated carbocycles. The lowest BCUT2D eigenvalue weighted by Crippen LogP contribution is -2.06. The minimum Gasteiger partial charge on any atom is -0.392 e. The monoisotopic (exact) mass is 261 g/mol.